The van der Waals surface area contributed by atoms with E-state index >= 15 is 0 Å². The second-order valence-corrected chi connectivity index (χ2v) is 4.70. The molecule has 1 atom stereocenters. The molecule has 0 aliphatic rings. The molecule has 0 saturated carbocycles. The van der Waals surface area contributed by atoms with E-state index in [4.69, 9.17) is 11.6 Å². The van der Waals surface area contributed by atoms with Crippen LogP contribution in [0.4, 0.5) is 22.0 Å². The molecule has 0 aromatic heterocycles. The van der Waals surface area contributed by atoms with Gasteiger partial charge in [-0.3, -0.25) is 0 Å². The zero-order valence-corrected chi connectivity index (χ0v) is 11.1. The molecule has 1 unspecified atom stereocenters. The van der Waals surface area contributed by atoms with Crippen LogP contribution in [-0.2, 0) is 6.42 Å². The lowest BCUT2D eigenvalue weighted by molar-refractivity contribution is 0.164. The van der Waals surface area contributed by atoms with E-state index in [2.05, 4.69) is 0 Å². The molecule has 1 nitrogen and oxygen atoms in total. The number of hydrogen-bond donors (Lipinski definition) is 1. The van der Waals surface area contributed by atoms with Crippen molar-refractivity contribution in [2.75, 3.05) is 0 Å². The summed E-state index contributed by atoms with van der Waals surface area (Å²) >= 11 is 5.82. The molecular formula is C14H8ClF5O. The fourth-order valence-corrected chi connectivity index (χ4v) is 2.10. The monoisotopic (exact) mass is 322 g/mol. The smallest absolute Gasteiger partial charge is 0.200 e. The molecule has 0 heterocycles. The Kier molecular flexibility index (Phi) is 4.49. The maximum absolute atomic E-state index is 13.5. The second-order valence-electron chi connectivity index (χ2n) is 4.29. The lowest BCUT2D eigenvalue weighted by Gasteiger charge is -2.15. The first-order chi connectivity index (χ1) is 9.84. The average molecular weight is 323 g/mol. The van der Waals surface area contributed by atoms with Crippen LogP contribution in [0.25, 0.3) is 0 Å². The van der Waals surface area contributed by atoms with Crippen molar-refractivity contribution in [1.82, 2.24) is 0 Å². The van der Waals surface area contributed by atoms with E-state index in [1.54, 1.807) is 12.1 Å². The lowest BCUT2D eigenvalue weighted by Crippen LogP contribution is -2.13. The maximum Gasteiger partial charge on any atom is 0.200 e. The fourth-order valence-electron chi connectivity index (χ4n) is 1.89. The highest BCUT2D eigenvalue weighted by Crippen LogP contribution is 2.30. The molecule has 1 N–H and O–H groups in total. The molecule has 2 rings (SSSR count). The van der Waals surface area contributed by atoms with Crippen LogP contribution in [0.3, 0.4) is 0 Å². The van der Waals surface area contributed by atoms with Gasteiger partial charge in [0.1, 0.15) is 0 Å². The number of aliphatic hydroxyl groups excluding tert-OH is 1. The minimum absolute atomic E-state index is 0.209. The van der Waals surface area contributed by atoms with Gasteiger partial charge in [0.2, 0.25) is 5.82 Å². The first-order valence-electron chi connectivity index (χ1n) is 5.77. The van der Waals surface area contributed by atoms with Crippen LogP contribution >= 0.6 is 11.6 Å². The van der Waals surface area contributed by atoms with Gasteiger partial charge in [0, 0.05) is 11.4 Å². The minimum Gasteiger partial charge on any atom is -0.388 e. The number of rotatable bonds is 3. The molecule has 2 aromatic carbocycles. The summed E-state index contributed by atoms with van der Waals surface area (Å²) in [6.07, 6.45) is -2.31. The topological polar surface area (TPSA) is 20.2 Å². The zero-order chi connectivity index (χ0) is 15.7. The van der Waals surface area contributed by atoms with Crippen LogP contribution < -0.4 is 0 Å². The lowest BCUT2D eigenvalue weighted by atomic mass is 10.00. The van der Waals surface area contributed by atoms with Crippen LogP contribution in [0.1, 0.15) is 17.2 Å². The fraction of sp³-hybridized carbons (Fsp3) is 0.143. The van der Waals surface area contributed by atoms with Crippen molar-refractivity contribution >= 4 is 11.6 Å². The van der Waals surface area contributed by atoms with E-state index < -0.39 is 47.2 Å². The van der Waals surface area contributed by atoms with E-state index in [1.807, 2.05) is 0 Å². The standard InChI is InChI=1S/C14H8ClF5O/c15-7-4-2-1-3-6(7)5-8(21)9-10(16)12(18)14(20)13(19)11(9)17/h1-4,8,21H,5H2. The van der Waals surface area contributed by atoms with Gasteiger partial charge in [-0.15, -0.1) is 0 Å². The summed E-state index contributed by atoms with van der Waals surface area (Å²) < 4.78 is 66.2. The highest BCUT2D eigenvalue weighted by molar-refractivity contribution is 6.31. The van der Waals surface area contributed by atoms with Gasteiger partial charge in [-0.2, -0.15) is 0 Å². The summed E-state index contributed by atoms with van der Waals surface area (Å²) in [5.74, 6) is -10.6. The van der Waals surface area contributed by atoms with Crippen molar-refractivity contribution in [3.8, 4) is 0 Å². The third-order valence-electron chi connectivity index (χ3n) is 2.95. The summed E-state index contributed by atoms with van der Waals surface area (Å²) in [6, 6.07) is 6.10. The van der Waals surface area contributed by atoms with Gasteiger partial charge in [0.05, 0.1) is 11.7 Å². The SMILES string of the molecule is OC(Cc1ccccc1Cl)c1c(F)c(F)c(F)c(F)c1F. The van der Waals surface area contributed by atoms with Crippen molar-refractivity contribution < 1.29 is 27.1 Å². The summed E-state index contributed by atoms with van der Waals surface area (Å²) in [7, 11) is 0. The third-order valence-corrected chi connectivity index (χ3v) is 3.32. The molecule has 0 spiro atoms. The van der Waals surface area contributed by atoms with Gasteiger partial charge in [-0.1, -0.05) is 29.8 Å². The van der Waals surface area contributed by atoms with E-state index in [0.29, 0.717) is 5.56 Å². The number of benzene rings is 2. The Morgan fingerprint density at radius 3 is 1.86 bits per heavy atom. The molecule has 2 aromatic rings. The summed E-state index contributed by atoms with van der Waals surface area (Å²) in [5.41, 5.74) is -0.957. The summed E-state index contributed by atoms with van der Waals surface area (Å²) in [6.45, 7) is 0. The predicted octanol–water partition coefficient (Wildman–Crippen LogP) is 4.31. The minimum atomic E-state index is -2.27. The zero-order valence-electron chi connectivity index (χ0n) is 10.3. The summed E-state index contributed by atoms with van der Waals surface area (Å²) in [5, 5.41) is 10.0. The molecule has 0 saturated heterocycles. The van der Waals surface area contributed by atoms with Crippen molar-refractivity contribution in [3.63, 3.8) is 0 Å². The largest absolute Gasteiger partial charge is 0.388 e. The van der Waals surface area contributed by atoms with E-state index in [1.165, 1.54) is 12.1 Å². The Morgan fingerprint density at radius 2 is 1.33 bits per heavy atom. The molecule has 0 fully saturated rings. The quantitative estimate of drug-likeness (QED) is 0.507. The van der Waals surface area contributed by atoms with Crippen molar-refractivity contribution in [2.24, 2.45) is 0 Å². The van der Waals surface area contributed by atoms with E-state index in [9.17, 15) is 27.1 Å². The van der Waals surface area contributed by atoms with Gasteiger partial charge in [-0.25, -0.2) is 22.0 Å². The molecule has 0 radical (unpaired) electrons. The number of halogens is 6. The van der Waals surface area contributed by atoms with Crippen molar-refractivity contribution in [3.05, 3.63) is 69.5 Å². The molecule has 0 bridgehead atoms. The normalized spacial score (nSPS) is 12.5. The van der Waals surface area contributed by atoms with Crippen LogP contribution in [-0.4, -0.2) is 5.11 Å². The Hall–Kier alpha value is -1.66. The highest BCUT2D eigenvalue weighted by Gasteiger charge is 2.29. The van der Waals surface area contributed by atoms with Crippen molar-refractivity contribution in [2.45, 2.75) is 12.5 Å². The van der Waals surface area contributed by atoms with E-state index in [0.717, 1.165) is 0 Å². The first-order valence-corrected chi connectivity index (χ1v) is 6.15. The molecule has 7 heteroatoms. The van der Waals surface area contributed by atoms with Crippen LogP contribution in [0.5, 0.6) is 0 Å². The Bertz CT molecular complexity index is 660. The van der Waals surface area contributed by atoms with Crippen LogP contribution in [0.15, 0.2) is 24.3 Å². The number of hydrogen-bond acceptors (Lipinski definition) is 1. The van der Waals surface area contributed by atoms with Gasteiger partial charge >= 0.3 is 0 Å². The highest BCUT2D eigenvalue weighted by atomic mass is 35.5. The molecule has 0 aliphatic heterocycles. The number of aliphatic hydroxyl groups is 1. The maximum atomic E-state index is 13.5. The summed E-state index contributed by atoms with van der Waals surface area (Å²) in [4.78, 5) is 0. The third kappa shape index (κ3) is 2.87. The van der Waals surface area contributed by atoms with Gasteiger partial charge in [0.25, 0.3) is 0 Å². The Labute approximate surface area is 121 Å². The second kappa shape index (κ2) is 5.99. The first kappa shape index (κ1) is 15.7. The van der Waals surface area contributed by atoms with E-state index in [-0.39, 0.29) is 5.02 Å². The van der Waals surface area contributed by atoms with Crippen LogP contribution in [0, 0.1) is 29.1 Å². The molecular weight excluding hydrogens is 315 g/mol. The Balaban J connectivity index is 2.45. The van der Waals surface area contributed by atoms with Gasteiger partial charge in [-0.05, 0) is 11.6 Å². The Morgan fingerprint density at radius 1 is 0.857 bits per heavy atom. The molecule has 21 heavy (non-hydrogen) atoms. The van der Waals surface area contributed by atoms with Crippen LogP contribution in [0.2, 0.25) is 5.02 Å². The van der Waals surface area contributed by atoms with Gasteiger partial charge < -0.3 is 5.11 Å². The molecule has 0 amide bonds. The van der Waals surface area contributed by atoms with Crippen molar-refractivity contribution in [1.29, 1.82) is 0 Å². The molecule has 112 valence electrons. The van der Waals surface area contributed by atoms with Gasteiger partial charge in [0.15, 0.2) is 23.3 Å². The molecule has 0 aliphatic carbocycles. The predicted molar refractivity (Wildman–Crippen MR) is 66.3 cm³/mol. The average Bonchev–Trinajstić information content (AvgIpc) is 2.46.